The maximum absolute atomic E-state index is 12.5. The first kappa shape index (κ1) is 11.5. The highest BCUT2D eigenvalue weighted by atomic mass is 19.1. The average Bonchev–Trinajstić information content (AvgIpc) is 2.25. The summed E-state index contributed by atoms with van der Waals surface area (Å²) in [5, 5.41) is 10.7. The van der Waals surface area contributed by atoms with E-state index in [0.29, 0.717) is 5.56 Å². The second-order valence-electron chi connectivity index (χ2n) is 2.85. The first-order valence-corrected chi connectivity index (χ1v) is 4.48. The number of carbonyl (C=O) groups is 1. The molecule has 2 N–H and O–H groups in total. The SMILES string of the molecule is O=C(NCCO)OCc1ccc(F)cc1. The third kappa shape index (κ3) is 4.42. The molecule has 0 atom stereocenters. The van der Waals surface area contributed by atoms with E-state index in [4.69, 9.17) is 9.84 Å². The monoisotopic (exact) mass is 213 g/mol. The Labute approximate surface area is 86.7 Å². The van der Waals surface area contributed by atoms with E-state index in [2.05, 4.69) is 5.32 Å². The molecule has 1 aromatic carbocycles. The zero-order valence-corrected chi connectivity index (χ0v) is 8.07. The van der Waals surface area contributed by atoms with Crippen molar-refractivity contribution in [3.8, 4) is 0 Å². The lowest BCUT2D eigenvalue weighted by molar-refractivity contribution is 0.137. The molecule has 0 bridgehead atoms. The number of hydrogen-bond donors (Lipinski definition) is 2. The van der Waals surface area contributed by atoms with Crippen molar-refractivity contribution in [3.63, 3.8) is 0 Å². The lowest BCUT2D eigenvalue weighted by atomic mass is 10.2. The lowest BCUT2D eigenvalue weighted by Gasteiger charge is -2.05. The van der Waals surface area contributed by atoms with Crippen molar-refractivity contribution in [1.82, 2.24) is 5.32 Å². The highest BCUT2D eigenvalue weighted by Crippen LogP contribution is 2.03. The molecular formula is C10H12FNO3. The fraction of sp³-hybridized carbons (Fsp3) is 0.300. The number of benzene rings is 1. The Balaban J connectivity index is 2.30. The molecule has 0 spiro atoms. The van der Waals surface area contributed by atoms with Crippen LogP contribution in [0.2, 0.25) is 0 Å². The Kier molecular flexibility index (Phi) is 4.56. The second kappa shape index (κ2) is 5.98. The zero-order chi connectivity index (χ0) is 11.1. The van der Waals surface area contributed by atoms with Crippen molar-refractivity contribution >= 4 is 6.09 Å². The van der Waals surface area contributed by atoms with Crippen LogP contribution >= 0.6 is 0 Å². The van der Waals surface area contributed by atoms with Crippen LogP contribution in [0, 0.1) is 5.82 Å². The minimum atomic E-state index is -0.603. The molecule has 1 rings (SSSR count). The lowest BCUT2D eigenvalue weighted by Crippen LogP contribution is -2.26. The molecule has 0 saturated carbocycles. The van der Waals surface area contributed by atoms with Crippen LogP contribution in [0.5, 0.6) is 0 Å². The highest BCUT2D eigenvalue weighted by Gasteiger charge is 2.01. The Hall–Kier alpha value is -1.62. The van der Waals surface area contributed by atoms with Crippen LogP contribution in [0.1, 0.15) is 5.56 Å². The van der Waals surface area contributed by atoms with Gasteiger partial charge in [-0.15, -0.1) is 0 Å². The summed E-state index contributed by atoms with van der Waals surface area (Å²) in [6, 6.07) is 5.66. The van der Waals surface area contributed by atoms with Crippen LogP contribution in [0.4, 0.5) is 9.18 Å². The largest absolute Gasteiger partial charge is 0.445 e. The summed E-state index contributed by atoms with van der Waals surface area (Å²) < 4.78 is 17.3. The van der Waals surface area contributed by atoms with Gasteiger partial charge in [-0.25, -0.2) is 9.18 Å². The third-order valence-corrected chi connectivity index (χ3v) is 1.66. The number of rotatable bonds is 4. The summed E-state index contributed by atoms with van der Waals surface area (Å²) >= 11 is 0. The van der Waals surface area contributed by atoms with Gasteiger partial charge in [0, 0.05) is 6.54 Å². The maximum Gasteiger partial charge on any atom is 0.407 e. The number of aliphatic hydroxyl groups is 1. The van der Waals surface area contributed by atoms with E-state index in [-0.39, 0.29) is 25.6 Å². The molecule has 5 heteroatoms. The van der Waals surface area contributed by atoms with Gasteiger partial charge in [0.05, 0.1) is 6.61 Å². The van der Waals surface area contributed by atoms with Gasteiger partial charge in [-0.3, -0.25) is 0 Å². The predicted octanol–water partition coefficient (Wildman–Crippen LogP) is 1.04. The van der Waals surface area contributed by atoms with Gasteiger partial charge in [0.1, 0.15) is 12.4 Å². The van der Waals surface area contributed by atoms with Crippen LogP contribution in [0.15, 0.2) is 24.3 Å². The number of ether oxygens (including phenoxy) is 1. The van der Waals surface area contributed by atoms with Crippen LogP contribution in [0.3, 0.4) is 0 Å². The highest BCUT2D eigenvalue weighted by molar-refractivity contribution is 5.67. The molecule has 0 fully saturated rings. The number of carbonyl (C=O) groups excluding carboxylic acids is 1. The molecule has 1 amide bonds. The molecule has 0 aromatic heterocycles. The van der Waals surface area contributed by atoms with Crippen molar-refractivity contribution in [2.24, 2.45) is 0 Å². The van der Waals surface area contributed by atoms with E-state index in [1.54, 1.807) is 0 Å². The number of alkyl carbamates (subject to hydrolysis) is 1. The number of aliphatic hydroxyl groups excluding tert-OH is 1. The van der Waals surface area contributed by atoms with Crippen LogP contribution in [0.25, 0.3) is 0 Å². The van der Waals surface area contributed by atoms with Gasteiger partial charge in [-0.2, -0.15) is 0 Å². The van der Waals surface area contributed by atoms with Crippen molar-refractivity contribution in [2.45, 2.75) is 6.61 Å². The topological polar surface area (TPSA) is 58.6 Å². The zero-order valence-electron chi connectivity index (χ0n) is 8.07. The van der Waals surface area contributed by atoms with Crippen molar-refractivity contribution in [2.75, 3.05) is 13.2 Å². The van der Waals surface area contributed by atoms with Gasteiger partial charge in [0.15, 0.2) is 0 Å². The molecule has 0 radical (unpaired) electrons. The predicted molar refractivity (Wildman–Crippen MR) is 51.7 cm³/mol. The van der Waals surface area contributed by atoms with Gasteiger partial charge in [0.2, 0.25) is 0 Å². The van der Waals surface area contributed by atoms with Crippen molar-refractivity contribution in [1.29, 1.82) is 0 Å². The standard InChI is InChI=1S/C10H12FNO3/c11-9-3-1-8(2-4-9)7-15-10(14)12-5-6-13/h1-4,13H,5-7H2,(H,12,14). The van der Waals surface area contributed by atoms with E-state index >= 15 is 0 Å². The fourth-order valence-electron chi connectivity index (χ4n) is 0.939. The van der Waals surface area contributed by atoms with Crippen LogP contribution in [-0.2, 0) is 11.3 Å². The normalized spacial score (nSPS) is 9.73. The number of halogens is 1. The minimum Gasteiger partial charge on any atom is -0.445 e. The van der Waals surface area contributed by atoms with E-state index in [0.717, 1.165) is 0 Å². The molecule has 15 heavy (non-hydrogen) atoms. The summed E-state index contributed by atoms with van der Waals surface area (Å²) in [5.41, 5.74) is 0.704. The van der Waals surface area contributed by atoms with Gasteiger partial charge < -0.3 is 15.2 Å². The number of amides is 1. The Morgan fingerprint density at radius 2 is 2.07 bits per heavy atom. The Morgan fingerprint density at radius 3 is 2.67 bits per heavy atom. The summed E-state index contributed by atoms with van der Waals surface area (Å²) in [6.07, 6.45) is -0.603. The molecule has 0 unspecified atom stereocenters. The van der Waals surface area contributed by atoms with Crippen molar-refractivity contribution in [3.05, 3.63) is 35.6 Å². The second-order valence-corrected chi connectivity index (χ2v) is 2.85. The average molecular weight is 213 g/mol. The summed E-state index contributed by atoms with van der Waals surface area (Å²) in [7, 11) is 0. The minimum absolute atomic E-state index is 0.0809. The van der Waals surface area contributed by atoms with Gasteiger partial charge >= 0.3 is 6.09 Å². The summed E-state index contributed by atoms with van der Waals surface area (Å²) in [4.78, 5) is 10.9. The Morgan fingerprint density at radius 1 is 1.40 bits per heavy atom. The third-order valence-electron chi connectivity index (χ3n) is 1.66. The summed E-state index contributed by atoms with van der Waals surface area (Å²) in [5.74, 6) is -0.330. The number of nitrogens with one attached hydrogen (secondary N) is 1. The molecule has 0 aliphatic heterocycles. The molecule has 4 nitrogen and oxygen atoms in total. The van der Waals surface area contributed by atoms with Crippen molar-refractivity contribution < 1.29 is 19.0 Å². The maximum atomic E-state index is 12.5. The molecular weight excluding hydrogens is 201 g/mol. The van der Waals surface area contributed by atoms with Gasteiger partial charge in [-0.05, 0) is 17.7 Å². The smallest absolute Gasteiger partial charge is 0.407 e. The van der Waals surface area contributed by atoms with Gasteiger partial charge in [-0.1, -0.05) is 12.1 Å². The molecule has 0 saturated heterocycles. The van der Waals surface area contributed by atoms with E-state index < -0.39 is 6.09 Å². The molecule has 0 aliphatic carbocycles. The molecule has 82 valence electrons. The van der Waals surface area contributed by atoms with E-state index in [9.17, 15) is 9.18 Å². The van der Waals surface area contributed by atoms with Crippen LogP contribution < -0.4 is 5.32 Å². The first-order valence-electron chi connectivity index (χ1n) is 4.48. The molecule has 0 aliphatic rings. The van der Waals surface area contributed by atoms with E-state index in [1.807, 2.05) is 0 Å². The summed E-state index contributed by atoms with van der Waals surface area (Å²) in [6.45, 7) is 0.103. The Bertz CT molecular complexity index is 313. The quantitative estimate of drug-likeness (QED) is 0.785. The van der Waals surface area contributed by atoms with Crippen LogP contribution in [-0.4, -0.2) is 24.4 Å². The van der Waals surface area contributed by atoms with Gasteiger partial charge in [0.25, 0.3) is 0 Å². The fourth-order valence-corrected chi connectivity index (χ4v) is 0.939. The molecule has 1 aromatic rings. The van der Waals surface area contributed by atoms with E-state index in [1.165, 1.54) is 24.3 Å². The molecule has 0 heterocycles. The number of hydrogen-bond acceptors (Lipinski definition) is 3. The first-order chi connectivity index (χ1) is 7.22.